The highest BCUT2D eigenvalue weighted by atomic mass is 79.9. The number of ether oxygens (including phenoxy) is 1. The molecule has 0 saturated heterocycles. The first-order valence-corrected chi connectivity index (χ1v) is 9.45. The number of rotatable bonds is 9. The third-order valence-corrected chi connectivity index (χ3v) is 4.57. The summed E-state index contributed by atoms with van der Waals surface area (Å²) in [5.74, 6) is 2.19. The number of nitrogens with one attached hydrogen (secondary N) is 1. The second kappa shape index (κ2) is 10.3. The van der Waals surface area contributed by atoms with Crippen LogP contribution in [0.2, 0.25) is 0 Å². The van der Waals surface area contributed by atoms with Crippen LogP contribution < -0.4 is 10.1 Å². The summed E-state index contributed by atoms with van der Waals surface area (Å²) in [4.78, 5) is 11.7. The number of halogens is 1. The van der Waals surface area contributed by atoms with Crippen LogP contribution in [0.1, 0.15) is 5.56 Å². The first-order chi connectivity index (χ1) is 11.2. The molecule has 0 aliphatic rings. The van der Waals surface area contributed by atoms with E-state index in [4.69, 9.17) is 4.74 Å². The standard InChI is InChI=1S/C18H20BrNO2S/c19-16-6-8-17(9-7-16)22-12-13-23-14-18(21)20-11-10-15-4-2-1-3-5-15/h1-9H,10-14H2,(H,20,21). The van der Waals surface area contributed by atoms with Gasteiger partial charge in [0.15, 0.2) is 0 Å². The number of carbonyl (C=O) groups is 1. The molecule has 122 valence electrons. The van der Waals surface area contributed by atoms with Gasteiger partial charge in [0, 0.05) is 16.8 Å². The average molecular weight is 394 g/mol. The second-order valence-electron chi connectivity index (χ2n) is 4.94. The Hall–Kier alpha value is -1.46. The molecule has 0 aliphatic heterocycles. The smallest absolute Gasteiger partial charge is 0.230 e. The summed E-state index contributed by atoms with van der Waals surface area (Å²) in [5.41, 5.74) is 1.24. The van der Waals surface area contributed by atoms with E-state index in [1.54, 1.807) is 11.8 Å². The molecule has 0 aromatic heterocycles. The summed E-state index contributed by atoms with van der Waals surface area (Å²) < 4.78 is 6.64. The fourth-order valence-corrected chi connectivity index (χ4v) is 2.85. The Morgan fingerprint density at radius 1 is 1.09 bits per heavy atom. The minimum absolute atomic E-state index is 0.0783. The number of hydrogen-bond acceptors (Lipinski definition) is 3. The molecule has 3 nitrogen and oxygen atoms in total. The highest BCUT2D eigenvalue weighted by Crippen LogP contribution is 2.16. The average Bonchev–Trinajstić information content (AvgIpc) is 2.57. The molecule has 0 spiro atoms. The lowest BCUT2D eigenvalue weighted by Crippen LogP contribution is -2.27. The molecule has 23 heavy (non-hydrogen) atoms. The summed E-state index contributed by atoms with van der Waals surface area (Å²) in [5, 5.41) is 2.94. The molecular formula is C18H20BrNO2S. The first kappa shape index (κ1) is 17.9. The fraction of sp³-hybridized carbons (Fsp3) is 0.278. The maximum atomic E-state index is 11.7. The maximum Gasteiger partial charge on any atom is 0.230 e. The lowest BCUT2D eigenvalue weighted by Gasteiger charge is -2.07. The van der Waals surface area contributed by atoms with Gasteiger partial charge in [-0.2, -0.15) is 0 Å². The number of carbonyl (C=O) groups excluding carboxylic acids is 1. The molecule has 5 heteroatoms. The van der Waals surface area contributed by atoms with E-state index in [0.717, 1.165) is 22.4 Å². The Labute approximate surface area is 149 Å². The molecule has 0 heterocycles. The van der Waals surface area contributed by atoms with Crippen molar-refractivity contribution < 1.29 is 9.53 Å². The summed E-state index contributed by atoms with van der Waals surface area (Å²) in [6.45, 7) is 1.28. The second-order valence-corrected chi connectivity index (χ2v) is 6.96. The molecule has 1 N–H and O–H groups in total. The predicted molar refractivity (Wildman–Crippen MR) is 100 cm³/mol. The van der Waals surface area contributed by atoms with E-state index in [2.05, 4.69) is 33.4 Å². The molecule has 2 aromatic carbocycles. The van der Waals surface area contributed by atoms with Gasteiger partial charge in [-0.25, -0.2) is 0 Å². The Balaban J connectivity index is 1.50. The molecule has 0 atom stereocenters. The minimum Gasteiger partial charge on any atom is -0.493 e. The highest BCUT2D eigenvalue weighted by Gasteiger charge is 2.01. The zero-order valence-electron chi connectivity index (χ0n) is 12.8. The Kier molecular flexibility index (Phi) is 8.04. The van der Waals surface area contributed by atoms with Crippen molar-refractivity contribution >= 4 is 33.6 Å². The molecule has 0 aliphatic carbocycles. The van der Waals surface area contributed by atoms with Gasteiger partial charge in [-0.15, -0.1) is 11.8 Å². The van der Waals surface area contributed by atoms with Gasteiger partial charge in [0.05, 0.1) is 12.4 Å². The summed E-state index contributed by atoms with van der Waals surface area (Å²) in [6, 6.07) is 17.9. The number of thioether (sulfide) groups is 1. The lowest BCUT2D eigenvalue weighted by molar-refractivity contribution is -0.118. The van der Waals surface area contributed by atoms with Gasteiger partial charge in [-0.1, -0.05) is 46.3 Å². The van der Waals surface area contributed by atoms with Crippen LogP contribution in [-0.2, 0) is 11.2 Å². The Morgan fingerprint density at radius 2 is 1.83 bits per heavy atom. The van der Waals surface area contributed by atoms with Gasteiger partial charge in [-0.3, -0.25) is 4.79 Å². The molecular weight excluding hydrogens is 374 g/mol. The number of hydrogen-bond donors (Lipinski definition) is 1. The van der Waals surface area contributed by atoms with E-state index in [1.165, 1.54) is 5.56 Å². The molecule has 0 unspecified atom stereocenters. The third kappa shape index (κ3) is 7.57. The Morgan fingerprint density at radius 3 is 2.57 bits per heavy atom. The zero-order chi connectivity index (χ0) is 16.3. The van der Waals surface area contributed by atoms with Gasteiger partial charge in [0.2, 0.25) is 5.91 Å². The molecule has 1 amide bonds. The normalized spacial score (nSPS) is 10.3. The van der Waals surface area contributed by atoms with Crippen LogP contribution in [-0.4, -0.2) is 30.6 Å². The largest absolute Gasteiger partial charge is 0.493 e. The highest BCUT2D eigenvalue weighted by molar-refractivity contribution is 9.10. The molecule has 0 fully saturated rings. The van der Waals surface area contributed by atoms with Crippen LogP contribution in [0, 0.1) is 0 Å². The molecule has 0 bridgehead atoms. The van der Waals surface area contributed by atoms with Crippen molar-refractivity contribution in [2.45, 2.75) is 6.42 Å². The Bertz CT molecular complexity index is 590. The van der Waals surface area contributed by atoms with Gasteiger partial charge in [0.1, 0.15) is 5.75 Å². The maximum absolute atomic E-state index is 11.7. The SMILES string of the molecule is O=C(CSCCOc1ccc(Br)cc1)NCCc1ccccc1. The number of amides is 1. The van der Waals surface area contributed by atoms with E-state index in [-0.39, 0.29) is 5.91 Å². The van der Waals surface area contributed by atoms with Crippen molar-refractivity contribution in [3.8, 4) is 5.75 Å². The lowest BCUT2D eigenvalue weighted by atomic mass is 10.1. The van der Waals surface area contributed by atoms with Gasteiger partial charge >= 0.3 is 0 Å². The van der Waals surface area contributed by atoms with E-state index in [9.17, 15) is 4.79 Å². The van der Waals surface area contributed by atoms with Crippen molar-refractivity contribution in [2.75, 3.05) is 24.7 Å². The van der Waals surface area contributed by atoms with Crippen molar-refractivity contribution in [3.05, 3.63) is 64.6 Å². The monoisotopic (exact) mass is 393 g/mol. The molecule has 0 radical (unpaired) electrons. The summed E-state index contributed by atoms with van der Waals surface area (Å²) >= 11 is 4.97. The van der Waals surface area contributed by atoms with Crippen molar-refractivity contribution in [3.63, 3.8) is 0 Å². The van der Waals surface area contributed by atoms with Crippen LogP contribution in [0.5, 0.6) is 5.75 Å². The topological polar surface area (TPSA) is 38.3 Å². The first-order valence-electron chi connectivity index (χ1n) is 7.51. The molecule has 2 aromatic rings. The van der Waals surface area contributed by atoms with Crippen molar-refractivity contribution in [1.29, 1.82) is 0 Å². The summed E-state index contributed by atoms with van der Waals surface area (Å²) in [6.07, 6.45) is 0.865. The van der Waals surface area contributed by atoms with E-state index >= 15 is 0 Å². The van der Waals surface area contributed by atoms with Crippen LogP contribution in [0.4, 0.5) is 0 Å². The summed E-state index contributed by atoms with van der Waals surface area (Å²) in [7, 11) is 0. The predicted octanol–water partition coefficient (Wildman–Crippen LogP) is 3.92. The van der Waals surface area contributed by atoms with E-state index < -0.39 is 0 Å². The van der Waals surface area contributed by atoms with Crippen LogP contribution in [0.25, 0.3) is 0 Å². The quantitative estimate of drug-likeness (QED) is 0.656. The minimum atomic E-state index is 0.0783. The zero-order valence-corrected chi connectivity index (χ0v) is 15.2. The van der Waals surface area contributed by atoms with Gasteiger partial charge in [0.25, 0.3) is 0 Å². The van der Waals surface area contributed by atoms with Crippen LogP contribution in [0.15, 0.2) is 59.1 Å². The number of benzene rings is 2. The van der Waals surface area contributed by atoms with Gasteiger partial charge < -0.3 is 10.1 Å². The fourth-order valence-electron chi connectivity index (χ4n) is 1.96. The molecule has 2 rings (SSSR count). The third-order valence-electron chi connectivity index (χ3n) is 3.12. The van der Waals surface area contributed by atoms with Crippen LogP contribution >= 0.6 is 27.7 Å². The molecule has 0 saturated carbocycles. The van der Waals surface area contributed by atoms with Crippen molar-refractivity contribution in [2.24, 2.45) is 0 Å². The van der Waals surface area contributed by atoms with E-state index in [1.807, 2.05) is 42.5 Å². The van der Waals surface area contributed by atoms with E-state index in [0.29, 0.717) is 18.9 Å². The van der Waals surface area contributed by atoms with Crippen LogP contribution in [0.3, 0.4) is 0 Å². The van der Waals surface area contributed by atoms with Gasteiger partial charge in [-0.05, 0) is 36.2 Å². The van der Waals surface area contributed by atoms with Crippen molar-refractivity contribution in [1.82, 2.24) is 5.32 Å².